The van der Waals surface area contributed by atoms with Crippen LogP contribution in [0.25, 0.3) is 0 Å². The molecule has 1 fully saturated rings. The van der Waals surface area contributed by atoms with Gasteiger partial charge in [0.25, 0.3) is 0 Å². The molecule has 106 valence electrons. The molecular weight excluding hydrogens is 239 g/mol. The van der Waals surface area contributed by atoms with Crippen LogP contribution >= 0.6 is 0 Å². The number of rotatable bonds is 6. The maximum Gasteiger partial charge on any atom is 0.126 e. The second-order valence-corrected chi connectivity index (χ2v) is 6.15. The third-order valence-corrected chi connectivity index (χ3v) is 4.65. The first-order chi connectivity index (χ1) is 9.05. The van der Waals surface area contributed by atoms with Gasteiger partial charge < -0.3 is 5.73 Å². The van der Waals surface area contributed by atoms with Gasteiger partial charge in [-0.25, -0.2) is 4.39 Å². The standard InChI is InChI=1S/C16H25FN2/c1-16(12-18,19(2)11-13-6-5-7-13)10-14-8-3-4-9-15(14)17/h3-4,8-9,13H,5-7,10-12,18H2,1-2H3. The van der Waals surface area contributed by atoms with E-state index in [1.54, 1.807) is 6.07 Å². The fraction of sp³-hybridized carbons (Fsp3) is 0.625. The Morgan fingerprint density at radius 3 is 2.58 bits per heavy atom. The van der Waals surface area contributed by atoms with Gasteiger partial charge in [0.15, 0.2) is 0 Å². The highest BCUT2D eigenvalue weighted by atomic mass is 19.1. The van der Waals surface area contributed by atoms with E-state index >= 15 is 0 Å². The molecule has 0 heterocycles. The summed E-state index contributed by atoms with van der Waals surface area (Å²) in [5.41, 5.74) is 6.57. The number of likely N-dealkylation sites (N-methyl/N-ethyl adjacent to an activating group) is 1. The fourth-order valence-electron chi connectivity index (χ4n) is 2.70. The first kappa shape index (κ1) is 14.5. The van der Waals surface area contributed by atoms with E-state index in [-0.39, 0.29) is 11.4 Å². The first-order valence-electron chi connectivity index (χ1n) is 7.20. The first-order valence-corrected chi connectivity index (χ1v) is 7.20. The molecule has 1 atom stereocenters. The van der Waals surface area contributed by atoms with Crippen LogP contribution in [0.5, 0.6) is 0 Å². The van der Waals surface area contributed by atoms with Crippen LogP contribution in [-0.2, 0) is 6.42 Å². The molecule has 2 nitrogen and oxygen atoms in total. The monoisotopic (exact) mass is 264 g/mol. The van der Waals surface area contributed by atoms with Gasteiger partial charge in [0.2, 0.25) is 0 Å². The second-order valence-electron chi connectivity index (χ2n) is 6.15. The van der Waals surface area contributed by atoms with Crippen LogP contribution in [0, 0.1) is 11.7 Å². The molecular formula is C16H25FN2. The molecule has 1 unspecified atom stereocenters. The minimum absolute atomic E-state index is 0.126. The summed E-state index contributed by atoms with van der Waals surface area (Å²) in [5.74, 6) is 0.677. The van der Waals surface area contributed by atoms with E-state index in [0.29, 0.717) is 13.0 Å². The van der Waals surface area contributed by atoms with Crippen LogP contribution in [-0.4, -0.2) is 30.6 Å². The summed E-state index contributed by atoms with van der Waals surface area (Å²) in [4.78, 5) is 2.32. The Hall–Kier alpha value is -0.930. The van der Waals surface area contributed by atoms with E-state index in [1.807, 2.05) is 12.1 Å². The van der Waals surface area contributed by atoms with Crippen LogP contribution in [0.2, 0.25) is 0 Å². The van der Waals surface area contributed by atoms with E-state index in [1.165, 1.54) is 25.3 Å². The third kappa shape index (κ3) is 3.34. The lowest BCUT2D eigenvalue weighted by molar-refractivity contribution is 0.0975. The highest BCUT2D eigenvalue weighted by Crippen LogP contribution is 2.30. The number of benzene rings is 1. The quantitative estimate of drug-likeness (QED) is 0.856. The maximum absolute atomic E-state index is 13.8. The zero-order valence-electron chi connectivity index (χ0n) is 12.0. The van der Waals surface area contributed by atoms with Gasteiger partial charge in [-0.1, -0.05) is 24.6 Å². The van der Waals surface area contributed by atoms with Crippen molar-refractivity contribution in [3.8, 4) is 0 Å². The van der Waals surface area contributed by atoms with Crippen molar-refractivity contribution in [3.63, 3.8) is 0 Å². The fourth-order valence-corrected chi connectivity index (χ4v) is 2.70. The van der Waals surface area contributed by atoms with E-state index in [0.717, 1.165) is 18.0 Å². The van der Waals surface area contributed by atoms with Gasteiger partial charge in [0, 0.05) is 18.6 Å². The highest BCUT2D eigenvalue weighted by Gasteiger charge is 2.31. The molecule has 0 radical (unpaired) electrons. The number of nitrogens with two attached hydrogens (primary N) is 1. The summed E-state index contributed by atoms with van der Waals surface area (Å²) < 4.78 is 13.8. The van der Waals surface area contributed by atoms with Gasteiger partial charge in [-0.2, -0.15) is 0 Å². The van der Waals surface area contributed by atoms with Crippen LogP contribution in [0.15, 0.2) is 24.3 Å². The molecule has 0 spiro atoms. The zero-order valence-corrected chi connectivity index (χ0v) is 12.0. The Kier molecular flexibility index (Phi) is 4.58. The highest BCUT2D eigenvalue weighted by molar-refractivity contribution is 5.20. The SMILES string of the molecule is CN(CC1CCC1)C(C)(CN)Cc1ccccc1F. The van der Waals surface area contributed by atoms with Crippen molar-refractivity contribution in [1.29, 1.82) is 0 Å². The van der Waals surface area contributed by atoms with Gasteiger partial charge in [0.1, 0.15) is 5.82 Å². The van der Waals surface area contributed by atoms with Crippen LogP contribution in [0.3, 0.4) is 0 Å². The Morgan fingerprint density at radius 2 is 2.05 bits per heavy atom. The Balaban J connectivity index is 2.05. The number of hydrogen-bond acceptors (Lipinski definition) is 2. The molecule has 1 saturated carbocycles. The van der Waals surface area contributed by atoms with Crippen molar-refractivity contribution in [1.82, 2.24) is 4.90 Å². The number of nitrogens with zero attached hydrogens (tertiary/aromatic N) is 1. The van der Waals surface area contributed by atoms with E-state index in [9.17, 15) is 4.39 Å². The smallest absolute Gasteiger partial charge is 0.126 e. The molecule has 1 aromatic carbocycles. The topological polar surface area (TPSA) is 29.3 Å². The van der Waals surface area contributed by atoms with Crippen molar-refractivity contribution in [2.45, 2.75) is 38.1 Å². The van der Waals surface area contributed by atoms with Gasteiger partial charge in [-0.05, 0) is 50.8 Å². The lowest BCUT2D eigenvalue weighted by Crippen LogP contribution is -2.53. The largest absolute Gasteiger partial charge is 0.329 e. The third-order valence-electron chi connectivity index (χ3n) is 4.65. The molecule has 2 rings (SSSR count). The van der Waals surface area contributed by atoms with Gasteiger partial charge in [-0.3, -0.25) is 4.90 Å². The molecule has 0 saturated heterocycles. The van der Waals surface area contributed by atoms with E-state index in [4.69, 9.17) is 5.73 Å². The predicted molar refractivity (Wildman–Crippen MR) is 77.5 cm³/mol. The van der Waals surface area contributed by atoms with Crippen molar-refractivity contribution in [3.05, 3.63) is 35.6 Å². The van der Waals surface area contributed by atoms with Crippen molar-refractivity contribution in [2.24, 2.45) is 11.7 Å². The van der Waals surface area contributed by atoms with Gasteiger partial charge >= 0.3 is 0 Å². The molecule has 0 aliphatic heterocycles. The summed E-state index contributed by atoms with van der Waals surface area (Å²) >= 11 is 0. The summed E-state index contributed by atoms with van der Waals surface area (Å²) in [7, 11) is 2.12. The van der Waals surface area contributed by atoms with Crippen LogP contribution in [0.4, 0.5) is 4.39 Å². The molecule has 1 aromatic rings. The van der Waals surface area contributed by atoms with Crippen molar-refractivity contribution >= 4 is 0 Å². The second kappa shape index (κ2) is 6.02. The summed E-state index contributed by atoms with van der Waals surface area (Å²) in [6, 6.07) is 7.01. The molecule has 2 N–H and O–H groups in total. The molecule has 0 aromatic heterocycles. The van der Waals surface area contributed by atoms with Crippen molar-refractivity contribution in [2.75, 3.05) is 20.1 Å². The average molecular weight is 264 g/mol. The minimum Gasteiger partial charge on any atom is -0.329 e. The lowest BCUT2D eigenvalue weighted by atomic mass is 9.83. The van der Waals surface area contributed by atoms with Crippen LogP contribution in [0.1, 0.15) is 31.7 Å². The van der Waals surface area contributed by atoms with E-state index < -0.39 is 0 Å². The number of hydrogen-bond donors (Lipinski definition) is 1. The average Bonchev–Trinajstić information content (AvgIpc) is 2.36. The van der Waals surface area contributed by atoms with Crippen molar-refractivity contribution < 1.29 is 4.39 Å². The predicted octanol–water partition coefficient (Wildman–Crippen LogP) is 2.82. The Labute approximate surface area is 115 Å². The molecule has 1 aliphatic rings. The zero-order chi connectivity index (χ0) is 13.9. The summed E-state index contributed by atoms with van der Waals surface area (Å²) in [6.45, 7) is 3.75. The molecule has 19 heavy (non-hydrogen) atoms. The minimum atomic E-state index is -0.169. The molecule has 0 amide bonds. The Morgan fingerprint density at radius 1 is 1.37 bits per heavy atom. The lowest BCUT2D eigenvalue weighted by Gasteiger charge is -2.42. The number of halogens is 1. The van der Waals surface area contributed by atoms with E-state index in [2.05, 4.69) is 18.9 Å². The van der Waals surface area contributed by atoms with Crippen LogP contribution < -0.4 is 5.73 Å². The van der Waals surface area contributed by atoms with Gasteiger partial charge in [-0.15, -0.1) is 0 Å². The Bertz CT molecular complexity index is 417. The molecule has 0 bridgehead atoms. The molecule has 3 heteroatoms. The summed E-state index contributed by atoms with van der Waals surface area (Å²) in [5, 5.41) is 0. The maximum atomic E-state index is 13.8. The summed E-state index contributed by atoms with van der Waals surface area (Å²) in [6.07, 6.45) is 4.67. The normalized spacial score (nSPS) is 19.2. The van der Waals surface area contributed by atoms with Gasteiger partial charge in [0.05, 0.1) is 0 Å². The molecule has 1 aliphatic carbocycles.